The van der Waals surface area contributed by atoms with Gasteiger partial charge in [0.2, 0.25) is 0 Å². The second-order valence-electron chi connectivity index (χ2n) is 9.56. The van der Waals surface area contributed by atoms with Crippen molar-refractivity contribution in [3.05, 3.63) is 114 Å². The van der Waals surface area contributed by atoms with Crippen LogP contribution in [0.4, 0.5) is 11.4 Å². The van der Waals surface area contributed by atoms with Gasteiger partial charge in [0.25, 0.3) is 0 Å². The Morgan fingerprint density at radius 1 is 0.605 bits per heavy atom. The number of aromatic nitrogens is 1. The molecule has 6 aromatic rings. The van der Waals surface area contributed by atoms with Crippen molar-refractivity contribution in [2.75, 3.05) is 4.81 Å². The van der Waals surface area contributed by atoms with E-state index in [4.69, 9.17) is 4.74 Å². The first kappa shape index (κ1) is 20.7. The molecule has 1 aromatic heterocycles. The lowest BCUT2D eigenvalue weighted by molar-refractivity contribution is 0.477. The Balaban J connectivity index is 1.56. The number of nitrogens with zero attached hydrogens (tertiary/aromatic N) is 4. The van der Waals surface area contributed by atoms with E-state index in [0.717, 1.165) is 27.6 Å². The Kier molecular flexibility index (Phi) is 4.10. The van der Waals surface area contributed by atoms with Crippen LogP contribution in [0, 0.1) is 22.7 Å². The Hall–Kier alpha value is -5.46. The van der Waals surface area contributed by atoms with Crippen molar-refractivity contribution in [3.63, 3.8) is 0 Å². The van der Waals surface area contributed by atoms with E-state index in [1.54, 1.807) is 0 Å². The SMILES string of the molecule is N#Cc1cccc2c1N(B1c3ccccc3-n3c4ccccc4c4cccc1c43)c1c(C#N)cccc1O2. The lowest BCUT2D eigenvalue weighted by Gasteiger charge is -2.40. The second-order valence-corrected chi connectivity index (χ2v) is 9.56. The molecule has 0 fully saturated rings. The number of para-hydroxylation sites is 5. The van der Waals surface area contributed by atoms with E-state index in [2.05, 4.69) is 88.2 Å². The fraction of sp³-hybridized carbons (Fsp3) is 0. The zero-order valence-corrected chi connectivity index (χ0v) is 20.1. The van der Waals surface area contributed by atoms with Gasteiger partial charge in [-0.05, 0) is 47.3 Å². The number of ether oxygens (including phenoxy) is 1. The van der Waals surface area contributed by atoms with E-state index in [9.17, 15) is 10.5 Å². The van der Waals surface area contributed by atoms with Crippen molar-refractivity contribution < 1.29 is 4.74 Å². The van der Waals surface area contributed by atoms with Crippen molar-refractivity contribution >= 4 is 51.0 Å². The van der Waals surface area contributed by atoms with E-state index >= 15 is 0 Å². The van der Waals surface area contributed by atoms with Gasteiger partial charge in [0.05, 0.1) is 33.5 Å². The highest BCUT2D eigenvalue weighted by Crippen LogP contribution is 2.50. The molecule has 5 aromatic carbocycles. The second kappa shape index (κ2) is 7.52. The maximum atomic E-state index is 10.2. The van der Waals surface area contributed by atoms with Gasteiger partial charge in [0.15, 0.2) is 11.5 Å². The first-order valence-corrected chi connectivity index (χ1v) is 12.4. The third kappa shape index (κ3) is 2.54. The van der Waals surface area contributed by atoms with Crippen LogP contribution in [-0.2, 0) is 0 Å². The summed E-state index contributed by atoms with van der Waals surface area (Å²) in [6, 6.07) is 39.1. The molecule has 0 unspecified atom stereocenters. The van der Waals surface area contributed by atoms with Crippen molar-refractivity contribution in [2.24, 2.45) is 0 Å². The van der Waals surface area contributed by atoms with Gasteiger partial charge in [-0.2, -0.15) is 10.5 Å². The van der Waals surface area contributed by atoms with E-state index in [1.807, 2.05) is 36.4 Å². The molecule has 8 rings (SSSR count). The van der Waals surface area contributed by atoms with E-state index in [1.165, 1.54) is 10.8 Å². The molecule has 0 atom stereocenters. The maximum Gasteiger partial charge on any atom is 0.332 e. The topological polar surface area (TPSA) is 65.0 Å². The van der Waals surface area contributed by atoms with Gasteiger partial charge in [-0.25, -0.2) is 0 Å². The molecule has 0 amide bonds. The number of rotatable bonds is 1. The lowest BCUT2D eigenvalue weighted by atomic mass is 9.46. The molecule has 0 radical (unpaired) electrons. The number of fused-ring (bicyclic) bond motifs is 7. The van der Waals surface area contributed by atoms with Gasteiger partial charge >= 0.3 is 6.85 Å². The zero-order chi connectivity index (χ0) is 25.4. The van der Waals surface area contributed by atoms with Gasteiger partial charge in [-0.15, -0.1) is 0 Å². The van der Waals surface area contributed by atoms with Crippen LogP contribution in [0.15, 0.2) is 103 Å². The summed E-state index contributed by atoms with van der Waals surface area (Å²) >= 11 is 0. The van der Waals surface area contributed by atoms with E-state index in [-0.39, 0.29) is 6.85 Å². The van der Waals surface area contributed by atoms with Gasteiger partial charge in [-0.3, -0.25) is 0 Å². The van der Waals surface area contributed by atoms with Crippen LogP contribution in [0.5, 0.6) is 11.5 Å². The van der Waals surface area contributed by atoms with Crippen molar-refractivity contribution in [1.82, 2.24) is 4.57 Å². The highest BCUT2D eigenvalue weighted by molar-refractivity contribution is 6.92. The number of hydrogen-bond donors (Lipinski definition) is 0. The van der Waals surface area contributed by atoms with Crippen LogP contribution in [0.25, 0.3) is 27.5 Å². The quantitative estimate of drug-likeness (QED) is 0.273. The molecule has 0 spiro atoms. The highest BCUT2D eigenvalue weighted by Gasteiger charge is 2.43. The molecule has 6 heteroatoms. The minimum atomic E-state index is -0.294. The molecule has 2 aliphatic heterocycles. The molecular formula is C32H17BN4O. The summed E-state index contributed by atoms with van der Waals surface area (Å²) in [5.41, 5.74) is 7.91. The minimum Gasteiger partial charge on any atom is -0.453 e. The van der Waals surface area contributed by atoms with Crippen LogP contribution in [-0.4, -0.2) is 11.4 Å². The average Bonchev–Trinajstić information content (AvgIpc) is 3.32. The first-order chi connectivity index (χ1) is 18.8. The maximum absolute atomic E-state index is 10.2. The molecule has 0 saturated carbocycles. The van der Waals surface area contributed by atoms with Crippen LogP contribution in [0.2, 0.25) is 0 Å². The van der Waals surface area contributed by atoms with Gasteiger partial charge in [0, 0.05) is 16.5 Å². The van der Waals surface area contributed by atoms with Crippen molar-refractivity contribution in [1.29, 1.82) is 10.5 Å². The Morgan fingerprint density at radius 2 is 1.21 bits per heavy atom. The predicted molar refractivity (Wildman–Crippen MR) is 150 cm³/mol. The zero-order valence-electron chi connectivity index (χ0n) is 20.1. The molecule has 3 heterocycles. The smallest absolute Gasteiger partial charge is 0.332 e. The minimum absolute atomic E-state index is 0.294. The number of benzene rings is 5. The van der Waals surface area contributed by atoms with Crippen LogP contribution in [0.3, 0.4) is 0 Å². The van der Waals surface area contributed by atoms with Crippen LogP contribution < -0.4 is 20.5 Å². The standard InChI is InChI=1S/C32H17BN4O/c34-18-20-8-5-16-28-30(20)37(31-21(19-35)9-6-17-29(31)38-28)33-24-12-2-4-15-27(24)36-26-14-3-1-10-22(26)23-11-7-13-25(33)32(23)36/h1-17H. The molecule has 2 aliphatic rings. The molecule has 5 nitrogen and oxygen atoms in total. The van der Waals surface area contributed by atoms with Crippen LogP contribution in [0.1, 0.15) is 11.1 Å². The van der Waals surface area contributed by atoms with Gasteiger partial charge < -0.3 is 14.1 Å². The first-order valence-electron chi connectivity index (χ1n) is 12.4. The third-order valence-corrected chi connectivity index (χ3v) is 7.69. The number of hydrogen-bond acceptors (Lipinski definition) is 4. The molecular weight excluding hydrogens is 467 g/mol. The average molecular weight is 484 g/mol. The Morgan fingerprint density at radius 3 is 1.95 bits per heavy atom. The molecule has 174 valence electrons. The molecule has 0 saturated heterocycles. The predicted octanol–water partition coefficient (Wildman–Crippen LogP) is 5.89. The van der Waals surface area contributed by atoms with Crippen molar-refractivity contribution in [2.45, 2.75) is 0 Å². The lowest BCUT2D eigenvalue weighted by Crippen LogP contribution is -2.59. The van der Waals surface area contributed by atoms with E-state index in [0.29, 0.717) is 34.0 Å². The summed E-state index contributed by atoms with van der Waals surface area (Å²) < 4.78 is 8.66. The normalized spacial score (nSPS) is 12.8. The van der Waals surface area contributed by atoms with Crippen molar-refractivity contribution in [3.8, 4) is 29.3 Å². The third-order valence-electron chi connectivity index (χ3n) is 7.69. The Labute approximate surface area is 219 Å². The monoisotopic (exact) mass is 484 g/mol. The summed E-state index contributed by atoms with van der Waals surface area (Å²) in [5, 5.41) is 22.7. The highest BCUT2D eigenvalue weighted by atomic mass is 16.5. The summed E-state index contributed by atoms with van der Waals surface area (Å²) in [6.07, 6.45) is 0. The summed E-state index contributed by atoms with van der Waals surface area (Å²) in [7, 11) is 0. The fourth-order valence-electron chi connectivity index (χ4n) is 6.26. The number of anilines is 2. The largest absolute Gasteiger partial charge is 0.453 e. The molecule has 38 heavy (non-hydrogen) atoms. The molecule has 0 bridgehead atoms. The van der Waals surface area contributed by atoms with Gasteiger partial charge in [-0.1, -0.05) is 66.7 Å². The number of nitriles is 2. The van der Waals surface area contributed by atoms with Crippen LogP contribution >= 0.6 is 0 Å². The van der Waals surface area contributed by atoms with E-state index < -0.39 is 0 Å². The summed E-state index contributed by atoms with van der Waals surface area (Å²) in [4.78, 5) is 2.15. The Bertz CT molecular complexity index is 2000. The van der Waals surface area contributed by atoms with Gasteiger partial charge in [0.1, 0.15) is 12.1 Å². The summed E-state index contributed by atoms with van der Waals surface area (Å²) in [6.45, 7) is -0.294. The summed E-state index contributed by atoms with van der Waals surface area (Å²) in [5.74, 6) is 1.20. The molecule has 0 aliphatic carbocycles. The fourth-order valence-corrected chi connectivity index (χ4v) is 6.26. The molecule has 0 N–H and O–H groups in total.